The molecule has 23 heteroatoms. The zero-order valence-electron chi connectivity index (χ0n) is 22.2. The minimum Gasteiger partial charge on any atom is -0.397 e. The standard InChI is InChI=1S/C21H24FN9O9P2S2/c22-12-15-11(38-20(12)30-6-26-13-9(23)1-2-25-16(13)30)5-36-41(33,43)39-10-3-8(4-35-42(34,44)40-15)37-19(10)31-7-27-14-17(31)28-21(24)29-18(14)32/h1-2,6-8,10-12,15,19-20H,3-5H2,(H2,23,25)(H,33,43)(H,34,44)(H3,24,28,29,32)/t8-,10-,11+,12?,15?,19+,20+,41?,42?/m0/s1. The SMILES string of the molecule is Nc1nc2c(ncn2[C@@H]2O[C@@H]3COP(O)(=S)OC4C(F)[C@H](n5cnc6c(N)ccnc65)O[C@@H]4COP(O)(=S)O[C@H]2C3)c(=O)[nH]1. The summed E-state index contributed by atoms with van der Waals surface area (Å²) in [4.78, 5) is 53.3. The number of halogens is 1. The minimum absolute atomic E-state index is 0.0158. The normalized spacial score (nSPS) is 36.6. The van der Waals surface area contributed by atoms with E-state index in [1.807, 2.05) is 0 Å². The first-order chi connectivity index (χ1) is 20.9. The molecule has 7 N–H and O–H groups in total. The molecule has 4 aromatic rings. The van der Waals surface area contributed by atoms with Gasteiger partial charge in [-0.05, 0) is 29.7 Å². The van der Waals surface area contributed by atoms with Crippen molar-refractivity contribution in [2.45, 2.75) is 49.5 Å². The van der Waals surface area contributed by atoms with Crippen LogP contribution >= 0.6 is 13.4 Å². The molecule has 3 aliphatic rings. The molecule has 2 bridgehead atoms. The van der Waals surface area contributed by atoms with Crippen molar-refractivity contribution in [3.63, 3.8) is 0 Å². The molecule has 18 nitrogen and oxygen atoms in total. The Morgan fingerprint density at radius 2 is 1.66 bits per heavy atom. The first-order valence-corrected chi connectivity index (χ1v) is 18.1. The number of imidazole rings is 2. The molecule has 0 aliphatic carbocycles. The number of H-pyrrole nitrogens is 1. The summed E-state index contributed by atoms with van der Waals surface area (Å²) < 4.78 is 53.4. The van der Waals surface area contributed by atoms with Crippen LogP contribution in [0.1, 0.15) is 18.9 Å². The molecule has 236 valence electrons. The van der Waals surface area contributed by atoms with E-state index in [-0.39, 0.29) is 35.8 Å². The van der Waals surface area contributed by atoms with Crippen LogP contribution in [0.2, 0.25) is 0 Å². The fraction of sp³-hybridized carbons (Fsp3) is 0.476. The van der Waals surface area contributed by atoms with Crippen molar-refractivity contribution in [1.29, 1.82) is 0 Å². The molecule has 0 radical (unpaired) electrons. The van der Waals surface area contributed by atoms with Crippen LogP contribution in [-0.2, 0) is 51.2 Å². The predicted molar refractivity (Wildman–Crippen MR) is 156 cm³/mol. The van der Waals surface area contributed by atoms with Gasteiger partial charge < -0.3 is 44.3 Å². The van der Waals surface area contributed by atoms with E-state index >= 15 is 4.39 Å². The maximum absolute atomic E-state index is 16.0. The molecule has 7 rings (SSSR count). The second kappa shape index (κ2) is 11.1. The van der Waals surface area contributed by atoms with E-state index in [2.05, 4.69) is 24.9 Å². The molecule has 3 saturated heterocycles. The molecule has 4 aromatic heterocycles. The van der Waals surface area contributed by atoms with Gasteiger partial charge in [-0.3, -0.25) is 23.4 Å². The van der Waals surface area contributed by atoms with Gasteiger partial charge in [-0.2, -0.15) is 4.98 Å². The second-order valence-electron chi connectivity index (χ2n) is 10.1. The van der Waals surface area contributed by atoms with Crippen LogP contribution in [0.3, 0.4) is 0 Å². The van der Waals surface area contributed by atoms with Gasteiger partial charge in [0, 0.05) is 12.6 Å². The average Bonchev–Trinajstić information content (AvgIpc) is 3.72. The van der Waals surface area contributed by atoms with Crippen LogP contribution < -0.4 is 17.0 Å². The molecule has 0 spiro atoms. The highest BCUT2D eigenvalue weighted by Crippen LogP contribution is 2.54. The fourth-order valence-electron chi connectivity index (χ4n) is 5.34. The average molecular weight is 692 g/mol. The molecule has 0 aromatic carbocycles. The number of aromatic amines is 1. The number of nitrogens with two attached hydrogens (primary N) is 2. The Labute approximate surface area is 255 Å². The molecule has 3 aliphatic heterocycles. The smallest absolute Gasteiger partial charge is 0.325 e. The van der Waals surface area contributed by atoms with Gasteiger partial charge in [0.1, 0.15) is 23.8 Å². The van der Waals surface area contributed by atoms with E-state index in [1.165, 1.54) is 28.0 Å². The van der Waals surface area contributed by atoms with Crippen molar-refractivity contribution in [1.82, 2.24) is 34.1 Å². The lowest BCUT2D eigenvalue weighted by molar-refractivity contribution is -0.0597. The number of nitrogens with one attached hydrogen (secondary N) is 1. The molecule has 3 fully saturated rings. The number of anilines is 2. The van der Waals surface area contributed by atoms with E-state index < -0.39 is 68.6 Å². The summed E-state index contributed by atoms with van der Waals surface area (Å²) >= 11 is 10.5. The zero-order chi connectivity index (χ0) is 31.0. The van der Waals surface area contributed by atoms with Crippen molar-refractivity contribution in [2.75, 3.05) is 24.7 Å². The van der Waals surface area contributed by atoms with E-state index in [1.54, 1.807) is 6.07 Å². The lowest BCUT2D eigenvalue weighted by atomic mass is 10.1. The maximum atomic E-state index is 16.0. The Kier molecular flexibility index (Phi) is 7.59. The highest BCUT2D eigenvalue weighted by molar-refractivity contribution is 8.07. The van der Waals surface area contributed by atoms with E-state index in [4.69, 9.17) is 62.6 Å². The number of hydrogen-bond acceptors (Lipinski definition) is 15. The molecular weight excluding hydrogens is 667 g/mol. The van der Waals surface area contributed by atoms with E-state index in [0.717, 1.165) is 0 Å². The monoisotopic (exact) mass is 691 g/mol. The number of ether oxygens (including phenoxy) is 2. The molecule has 9 atom stereocenters. The topological polar surface area (TPSA) is 242 Å². The summed E-state index contributed by atoms with van der Waals surface area (Å²) in [7, 11) is 0. The number of rotatable bonds is 2. The predicted octanol–water partition coefficient (Wildman–Crippen LogP) is 0.503. The Hall–Kier alpha value is -2.52. The summed E-state index contributed by atoms with van der Waals surface area (Å²) in [6.45, 7) is -9.00. The summed E-state index contributed by atoms with van der Waals surface area (Å²) in [5, 5.41) is 0. The highest BCUT2D eigenvalue weighted by Gasteiger charge is 2.51. The lowest BCUT2D eigenvalue weighted by Gasteiger charge is -2.27. The summed E-state index contributed by atoms with van der Waals surface area (Å²) in [5.41, 5.74) is 12.1. The summed E-state index contributed by atoms with van der Waals surface area (Å²) in [5.74, 6) is -0.158. The maximum Gasteiger partial charge on any atom is 0.325 e. The van der Waals surface area contributed by atoms with Gasteiger partial charge in [0.2, 0.25) is 5.95 Å². The van der Waals surface area contributed by atoms with Gasteiger partial charge in [-0.15, -0.1) is 0 Å². The molecular formula is C21H24FN9O9P2S2. The summed E-state index contributed by atoms with van der Waals surface area (Å²) in [6.07, 6.45) is -4.75. The first kappa shape index (κ1) is 30.2. The third kappa shape index (κ3) is 5.46. The Bertz CT molecular complexity index is 1910. The molecule has 7 heterocycles. The number of nitrogens with zero attached hydrogens (tertiary/aromatic N) is 6. The third-order valence-corrected chi connectivity index (χ3v) is 10.4. The molecule has 0 saturated carbocycles. The van der Waals surface area contributed by atoms with E-state index in [0.29, 0.717) is 11.2 Å². The number of hydrogen-bond donors (Lipinski definition) is 5. The zero-order valence-corrected chi connectivity index (χ0v) is 25.6. The van der Waals surface area contributed by atoms with Crippen LogP contribution in [0, 0.1) is 0 Å². The number of aromatic nitrogens is 7. The van der Waals surface area contributed by atoms with Crippen LogP contribution in [0.5, 0.6) is 0 Å². The fourth-order valence-corrected chi connectivity index (χ4v) is 8.24. The van der Waals surface area contributed by atoms with Crippen molar-refractivity contribution in [3.05, 3.63) is 35.3 Å². The van der Waals surface area contributed by atoms with Gasteiger partial charge in [0.15, 0.2) is 35.4 Å². The van der Waals surface area contributed by atoms with Gasteiger partial charge in [0.05, 0.1) is 37.7 Å². The van der Waals surface area contributed by atoms with Gasteiger partial charge in [0.25, 0.3) is 5.56 Å². The number of nitrogen functional groups attached to an aromatic ring is 2. The molecule has 0 amide bonds. The summed E-state index contributed by atoms with van der Waals surface area (Å²) in [6, 6.07) is 1.55. The Morgan fingerprint density at radius 3 is 2.45 bits per heavy atom. The van der Waals surface area contributed by atoms with Crippen LogP contribution in [-0.4, -0.2) is 87.6 Å². The lowest BCUT2D eigenvalue weighted by Crippen LogP contribution is -2.34. The van der Waals surface area contributed by atoms with Gasteiger partial charge in [-0.1, -0.05) is 0 Å². The molecule has 4 unspecified atom stereocenters. The van der Waals surface area contributed by atoms with Crippen molar-refractivity contribution < 1.29 is 41.7 Å². The van der Waals surface area contributed by atoms with Gasteiger partial charge >= 0.3 is 13.4 Å². The Balaban J connectivity index is 1.19. The minimum atomic E-state index is -4.11. The van der Waals surface area contributed by atoms with Crippen LogP contribution in [0.4, 0.5) is 16.0 Å². The van der Waals surface area contributed by atoms with Crippen molar-refractivity contribution >= 4 is 71.0 Å². The van der Waals surface area contributed by atoms with E-state index in [9.17, 15) is 14.6 Å². The van der Waals surface area contributed by atoms with Crippen LogP contribution in [0.25, 0.3) is 22.3 Å². The first-order valence-electron chi connectivity index (χ1n) is 12.9. The van der Waals surface area contributed by atoms with Gasteiger partial charge in [-0.25, -0.2) is 19.3 Å². The van der Waals surface area contributed by atoms with Crippen LogP contribution in [0.15, 0.2) is 29.7 Å². The Morgan fingerprint density at radius 1 is 0.955 bits per heavy atom. The number of fused-ring (bicyclic) bond motifs is 5. The number of alkyl halides is 1. The number of pyridine rings is 1. The van der Waals surface area contributed by atoms with Crippen molar-refractivity contribution in [2.24, 2.45) is 0 Å². The largest absolute Gasteiger partial charge is 0.397 e. The second-order valence-corrected chi connectivity index (χ2v) is 15.7. The van der Waals surface area contributed by atoms with Crippen molar-refractivity contribution in [3.8, 4) is 0 Å². The quantitative estimate of drug-likeness (QED) is 0.180. The molecule has 44 heavy (non-hydrogen) atoms. The third-order valence-electron chi connectivity index (χ3n) is 7.25. The highest BCUT2D eigenvalue weighted by atomic mass is 32.5.